The van der Waals surface area contributed by atoms with E-state index in [0.717, 1.165) is 19.3 Å². The number of amides is 2. The Hall–Kier alpha value is -2.17. The normalized spacial score (nSPS) is 19.2. The third kappa shape index (κ3) is 2.44. The van der Waals surface area contributed by atoms with Gasteiger partial charge in [-0.1, -0.05) is 43.4 Å². The van der Waals surface area contributed by atoms with Crippen LogP contribution in [0.25, 0.3) is 0 Å². The molecule has 2 aliphatic rings. The Kier molecular flexibility index (Phi) is 3.49. The first-order chi connectivity index (χ1) is 10.1. The van der Waals surface area contributed by atoms with Crippen molar-refractivity contribution in [3.05, 3.63) is 35.4 Å². The van der Waals surface area contributed by atoms with Gasteiger partial charge in [0.1, 0.15) is 0 Å². The van der Waals surface area contributed by atoms with Crippen LogP contribution in [0.1, 0.15) is 53.3 Å². The first-order valence-electron chi connectivity index (χ1n) is 7.27. The molecule has 0 spiro atoms. The third-order valence-corrected chi connectivity index (χ3v) is 4.25. The summed E-state index contributed by atoms with van der Waals surface area (Å²) in [5.41, 5.74) is 0.559. The standard InChI is InChI=1S/C16H17NO4/c1-10(9-11-5-4-6-11)16(20)21-17-14(18)12-7-2-3-8-13(12)15(17)19/h2-3,7-8,10-11H,4-6,9H2,1H3. The molecule has 1 aliphatic heterocycles. The summed E-state index contributed by atoms with van der Waals surface area (Å²) in [6.07, 6.45) is 4.25. The van der Waals surface area contributed by atoms with Crippen LogP contribution in [0, 0.1) is 11.8 Å². The number of carbonyl (C=O) groups is 3. The average molecular weight is 287 g/mol. The van der Waals surface area contributed by atoms with Crippen LogP contribution in [0.2, 0.25) is 0 Å². The van der Waals surface area contributed by atoms with Gasteiger partial charge >= 0.3 is 5.97 Å². The van der Waals surface area contributed by atoms with Gasteiger partial charge in [-0.05, 0) is 24.5 Å². The average Bonchev–Trinajstić information content (AvgIpc) is 2.68. The molecule has 5 heteroatoms. The number of hydrogen-bond acceptors (Lipinski definition) is 4. The summed E-state index contributed by atoms with van der Waals surface area (Å²) >= 11 is 0. The molecule has 0 N–H and O–H groups in total. The number of hydroxylamine groups is 2. The first kappa shape index (κ1) is 13.8. The van der Waals surface area contributed by atoms with Gasteiger partial charge in [0.15, 0.2) is 0 Å². The molecule has 1 fully saturated rings. The lowest BCUT2D eigenvalue weighted by Crippen LogP contribution is -2.35. The highest BCUT2D eigenvalue weighted by Gasteiger charge is 2.39. The molecule has 1 unspecified atom stereocenters. The minimum atomic E-state index is -0.570. The maximum Gasteiger partial charge on any atom is 0.336 e. The predicted octanol–water partition coefficient (Wildman–Crippen LogP) is 2.57. The Balaban J connectivity index is 1.67. The fourth-order valence-corrected chi connectivity index (χ4v) is 2.75. The fourth-order valence-electron chi connectivity index (χ4n) is 2.75. The number of carbonyl (C=O) groups excluding carboxylic acids is 3. The van der Waals surface area contributed by atoms with E-state index in [1.807, 2.05) is 0 Å². The van der Waals surface area contributed by atoms with Gasteiger partial charge in [-0.15, -0.1) is 0 Å². The van der Waals surface area contributed by atoms with Gasteiger partial charge < -0.3 is 4.84 Å². The molecule has 21 heavy (non-hydrogen) atoms. The Bertz CT molecular complexity index is 571. The van der Waals surface area contributed by atoms with Gasteiger partial charge in [0.2, 0.25) is 0 Å². The highest BCUT2D eigenvalue weighted by atomic mass is 16.7. The predicted molar refractivity (Wildman–Crippen MR) is 74.2 cm³/mol. The molecule has 1 aliphatic carbocycles. The van der Waals surface area contributed by atoms with Crippen LogP contribution in [-0.4, -0.2) is 22.8 Å². The highest BCUT2D eigenvalue weighted by Crippen LogP contribution is 2.33. The molecule has 0 bridgehead atoms. The topological polar surface area (TPSA) is 63.7 Å². The molecule has 1 atom stereocenters. The van der Waals surface area contributed by atoms with E-state index >= 15 is 0 Å². The van der Waals surface area contributed by atoms with Crippen molar-refractivity contribution in [1.29, 1.82) is 0 Å². The lowest BCUT2D eigenvalue weighted by atomic mass is 9.79. The Labute approximate surface area is 122 Å². The second kappa shape index (κ2) is 5.31. The number of rotatable bonds is 4. The maximum atomic E-state index is 12.1. The molecule has 1 saturated carbocycles. The monoisotopic (exact) mass is 287 g/mol. The quantitative estimate of drug-likeness (QED) is 0.798. The molecule has 5 nitrogen and oxygen atoms in total. The van der Waals surface area contributed by atoms with Crippen molar-refractivity contribution in [3.8, 4) is 0 Å². The summed E-state index contributed by atoms with van der Waals surface area (Å²) in [7, 11) is 0. The Morgan fingerprint density at radius 2 is 1.81 bits per heavy atom. The highest BCUT2D eigenvalue weighted by molar-refractivity contribution is 6.20. The zero-order valence-electron chi connectivity index (χ0n) is 11.9. The van der Waals surface area contributed by atoms with Gasteiger partial charge in [0.05, 0.1) is 17.0 Å². The van der Waals surface area contributed by atoms with E-state index in [1.165, 1.54) is 6.42 Å². The van der Waals surface area contributed by atoms with Gasteiger partial charge in [-0.3, -0.25) is 9.59 Å². The summed E-state index contributed by atoms with van der Waals surface area (Å²) < 4.78 is 0. The van der Waals surface area contributed by atoms with E-state index in [9.17, 15) is 14.4 Å². The van der Waals surface area contributed by atoms with Crippen LogP contribution in [0.4, 0.5) is 0 Å². The van der Waals surface area contributed by atoms with Crippen molar-refractivity contribution in [2.75, 3.05) is 0 Å². The summed E-state index contributed by atoms with van der Waals surface area (Å²) in [6, 6.07) is 6.46. The summed E-state index contributed by atoms with van der Waals surface area (Å²) in [4.78, 5) is 41.3. The number of benzene rings is 1. The number of hydrogen-bond donors (Lipinski definition) is 0. The van der Waals surface area contributed by atoms with Crippen molar-refractivity contribution in [3.63, 3.8) is 0 Å². The van der Waals surface area contributed by atoms with Crippen LogP contribution in [0.3, 0.4) is 0 Å². The van der Waals surface area contributed by atoms with E-state index in [0.29, 0.717) is 11.0 Å². The molecule has 1 aromatic rings. The van der Waals surface area contributed by atoms with Crippen LogP contribution in [0.15, 0.2) is 24.3 Å². The summed E-state index contributed by atoms with van der Waals surface area (Å²) in [5, 5.41) is 0.588. The lowest BCUT2D eigenvalue weighted by Gasteiger charge is -2.27. The van der Waals surface area contributed by atoms with Crippen molar-refractivity contribution >= 4 is 17.8 Å². The lowest BCUT2D eigenvalue weighted by molar-refractivity contribution is -0.173. The van der Waals surface area contributed by atoms with Crippen molar-refractivity contribution in [2.24, 2.45) is 11.8 Å². The van der Waals surface area contributed by atoms with Gasteiger partial charge in [-0.2, -0.15) is 0 Å². The first-order valence-corrected chi connectivity index (χ1v) is 7.27. The van der Waals surface area contributed by atoms with Crippen LogP contribution in [0.5, 0.6) is 0 Å². The Morgan fingerprint density at radius 1 is 1.24 bits per heavy atom. The zero-order chi connectivity index (χ0) is 15.0. The van der Waals surface area contributed by atoms with Crippen LogP contribution in [-0.2, 0) is 9.63 Å². The molecule has 0 radical (unpaired) electrons. The largest absolute Gasteiger partial charge is 0.336 e. The van der Waals surface area contributed by atoms with E-state index in [2.05, 4.69) is 0 Å². The van der Waals surface area contributed by atoms with Gasteiger partial charge in [0.25, 0.3) is 11.8 Å². The molecular formula is C16H17NO4. The summed E-state index contributed by atoms with van der Waals surface area (Å²) in [6.45, 7) is 1.78. The van der Waals surface area contributed by atoms with Gasteiger partial charge in [0, 0.05) is 0 Å². The number of nitrogens with zero attached hydrogens (tertiary/aromatic N) is 1. The molecular weight excluding hydrogens is 270 g/mol. The van der Waals surface area contributed by atoms with E-state index in [-0.39, 0.29) is 17.0 Å². The second-order valence-electron chi connectivity index (χ2n) is 5.79. The Morgan fingerprint density at radius 3 is 2.29 bits per heavy atom. The van der Waals surface area contributed by atoms with Crippen molar-refractivity contribution in [2.45, 2.75) is 32.6 Å². The molecule has 3 rings (SSSR count). The minimum Gasteiger partial charge on any atom is -0.329 e. The van der Waals surface area contributed by atoms with Crippen molar-refractivity contribution in [1.82, 2.24) is 5.06 Å². The minimum absolute atomic E-state index is 0.280. The maximum absolute atomic E-state index is 12.1. The molecule has 0 aromatic heterocycles. The SMILES string of the molecule is CC(CC1CCC1)C(=O)ON1C(=O)c2ccccc2C1=O. The summed E-state index contributed by atoms with van der Waals surface area (Å²) in [5.74, 6) is -1.40. The smallest absolute Gasteiger partial charge is 0.329 e. The zero-order valence-corrected chi connectivity index (χ0v) is 11.9. The fraction of sp³-hybridized carbons (Fsp3) is 0.438. The van der Waals surface area contributed by atoms with Gasteiger partial charge in [-0.25, -0.2) is 4.79 Å². The van der Waals surface area contributed by atoms with E-state index in [1.54, 1.807) is 31.2 Å². The molecule has 1 aromatic carbocycles. The molecule has 2 amide bonds. The molecule has 0 saturated heterocycles. The molecule has 1 heterocycles. The van der Waals surface area contributed by atoms with Crippen LogP contribution < -0.4 is 0 Å². The van der Waals surface area contributed by atoms with E-state index in [4.69, 9.17) is 4.84 Å². The number of fused-ring (bicyclic) bond motifs is 1. The van der Waals surface area contributed by atoms with Crippen molar-refractivity contribution < 1.29 is 19.2 Å². The van der Waals surface area contributed by atoms with E-state index < -0.39 is 17.8 Å². The third-order valence-electron chi connectivity index (χ3n) is 4.25. The number of imide groups is 1. The second-order valence-corrected chi connectivity index (χ2v) is 5.79. The molecule has 110 valence electrons. The van der Waals surface area contributed by atoms with Crippen LogP contribution >= 0.6 is 0 Å².